The second kappa shape index (κ2) is 5.20. The van der Waals surface area contributed by atoms with E-state index in [1.807, 2.05) is 19.9 Å². The molecule has 0 spiro atoms. The van der Waals surface area contributed by atoms with Crippen LogP contribution in [0.5, 0.6) is 0 Å². The Morgan fingerprint density at radius 3 is 3.15 bits per heavy atom. The van der Waals surface area contributed by atoms with Crippen molar-refractivity contribution in [1.82, 2.24) is 19.9 Å². The number of rotatable bonds is 3. The summed E-state index contributed by atoms with van der Waals surface area (Å²) < 4.78 is 7.00. The zero-order valence-corrected chi connectivity index (χ0v) is 11.7. The predicted octanol–water partition coefficient (Wildman–Crippen LogP) is 1.11. The average Bonchev–Trinajstić information content (AvgIpc) is 3.04. The maximum atomic E-state index is 12.3. The number of fused-ring (bicyclic) bond motifs is 1. The quantitative estimate of drug-likeness (QED) is 0.910. The van der Waals surface area contributed by atoms with E-state index in [1.165, 1.54) is 0 Å². The summed E-state index contributed by atoms with van der Waals surface area (Å²) in [5.41, 5.74) is 2.99. The molecule has 0 saturated carbocycles. The van der Waals surface area contributed by atoms with Crippen molar-refractivity contribution in [2.75, 3.05) is 19.8 Å². The summed E-state index contributed by atoms with van der Waals surface area (Å²) in [5.74, 6) is 0.293. The van der Waals surface area contributed by atoms with Gasteiger partial charge in [-0.1, -0.05) is 0 Å². The summed E-state index contributed by atoms with van der Waals surface area (Å²) in [5, 5.41) is 7.17. The van der Waals surface area contributed by atoms with Gasteiger partial charge in [-0.15, -0.1) is 0 Å². The maximum absolute atomic E-state index is 12.3. The van der Waals surface area contributed by atoms with E-state index in [-0.39, 0.29) is 5.91 Å². The van der Waals surface area contributed by atoms with Crippen LogP contribution in [-0.4, -0.2) is 40.3 Å². The predicted molar refractivity (Wildman–Crippen MR) is 73.7 cm³/mol. The van der Waals surface area contributed by atoms with E-state index >= 15 is 0 Å². The van der Waals surface area contributed by atoms with E-state index in [0.29, 0.717) is 23.7 Å². The highest BCUT2D eigenvalue weighted by atomic mass is 16.5. The second-order valence-electron chi connectivity index (χ2n) is 5.27. The van der Waals surface area contributed by atoms with Crippen molar-refractivity contribution in [2.24, 2.45) is 5.92 Å². The van der Waals surface area contributed by atoms with Crippen molar-refractivity contribution in [3.05, 3.63) is 29.2 Å². The number of aryl methyl sites for hydroxylation is 2. The number of aromatic nitrogens is 3. The number of nitrogens with one attached hydrogen (secondary N) is 1. The molecule has 0 bridgehead atoms. The van der Waals surface area contributed by atoms with Gasteiger partial charge in [0.25, 0.3) is 5.91 Å². The fourth-order valence-corrected chi connectivity index (χ4v) is 2.51. The third-order valence-electron chi connectivity index (χ3n) is 3.60. The third kappa shape index (κ3) is 2.38. The van der Waals surface area contributed by atoms with Crippen LogP contribution >= 0.6 is 0 Å². The molecule has 1 amide bonds. The van der Waals surface area contributed by atoms with Gasteiger partial charge in [0.1, 0.15) is 5.56 Å². The minimum absolute atomic E-state index is 0.121. The van der Waals surface area contributed by atoms with Crippen LogP contribution in [0.2, 0.25) is 0 Å². The molecule has 1 N–H and O–H groups in total. The molecular formula is C14H18N4O2. The zero-order chi connectivity index (χ0) is 14.1. The molecule has 1 fully saturated rings. The lowest BCUT2D eigenvalue weighted by atomic mass is 10.1. The monoisotopic (exact) mass is 274 g/mol. The summed E-state index contributed by atoms with van der Waals surface area (Å²) in [6.45, 7) is 6.02. The molecule has 1 aliphatic heterocycles. The Balaban J connectivity index is 1.80. The summed E-state index contributed by atoms with van der Waals surface area (Å²) >= 11 is 0. The minimum atomic E-state index is -0.121. The van der Waals surface area contributed by atoms with Crippen LogP contribution < -0.4 is 5.32 Å². The van der Waals surface area contributed by atoms with Gasteiger partial charge in [-0.3, -0.25) is 4.79 Å². The highest BCUT2D eigenvalue weighted by molar-refractivity contribution is 5.99. The number of hydrogen-bond donors (Lipinski definition) is 1. The molecule has 2 aromatic rings. The third-order valence-corrected chi connectivity index (χ3v) is 3.60. The van der Waals surface area contributed by atoms with Crippen LogP contribution in [-0.2, 0) is 4.74 Å². The molecule has 0 aromatic carbocycles. The van der Waals surface area contributed by atoms with Gasteiger partial charge in [0.2, 0.25) is 0 Å². The van der Waals surface area contributed by atoms with Crippen LogP contribution in [0.4, 0.5) is 0 Å². The topological polar surface area (TPSA) is 68.5 Å². The lowest BCUT2D eigenvalue weighted by Crippen LogP contribution is -2.29. The number of nitrogens with zero attached hydrogens (tertiary/aromatic N) is 3. The van der Waals surface area contributed by atoms with Crippen LogP contribution in [0.25, 0.3) is 5.65 Å². The molecule has 3 heterocycles. The minimum Gasteiger partial charge on any atom is -0.381 e. The molecule has 0 radical (unpaired) electrons. The van der Waals surface area contributed by atoms with Gasteiger partial charge < -0.3 is 10.1 Å². The van der Waals surface area contributed by atoms with Crippen LogP contribution in [0.3, 0.4) is 0 Å². The number of carbonyl (C=O) groups excluding carboxylic acids is 1. The molecular weight excluding hydrogens is 256 g/mol. The van der Waals surface area contributed by atoms with Gasteiger partial charge in [0, 0.05) is 30.5 Å². The molecule has 1 saturated heterocycles. The molecule has 6 nitrogen and oxygen atoms in total. The Bertz CT molecular complexity index is 644. The molecule has 3 rings (SSSR count). The second-order valence-corrected chi connectivity index (χ2v) is 5.27. The SMILES string of the molecule is Cc1cc(C)n2ncc(C(=O)NCC3CCOC3)c2n1. The summed E-state index contributed by atoms with van der Waals surface area (Å²) in [6, 6.07) is 1.94. The van der Waals surface area contributed by atoms with Crippen LogP contribution in [0.15, 0.2) is 12.3 Å². The fourth-order valence-electron chi connectivity index (χ4n) is 2.51. The van der Waals surface area contributed by atoms with Crippen molar-refractivity contribution < 1.29 is 9.53 Å². The van der Waals surface area contributed by atoms with Crippen LogP contribution in [0.1, 0.15) is 28.2 Å². The lowest BCUT2D eigenvalue weighted by molar-refractivity contribution is 0.0946. The number of ether oxygens (including phenoxy) is 1. The van der Waals surface area contributed by atoms with Gasteiger partial charge in [0.15, 0.2) is 5.65 Å². The fraction of sp³-hybridized carbons (Fsp3) is 0.500. The highest BCUT2D eigenvalue weighted by Gasteiger charge is 2.19. The molecule has 0 aliphatic carbocycles. The van der Waals surface area contributed by atoms with Crippen molar-refractivity contribution in [3.63, 3.8) is 0 Å². The summed E-state index contributed by atoms with van der Waals surface area (Å²) in [7, 11) is 0. The normalized spacial score (nSPS) is 18.6. The first-order chi connectivity index (χ1) is 9.65. The molecule has 1 unspecified atom stereocenters. The van der Waals surface area contributed by atoms with Crippen LogP contribution in [0, 0.1) is 19.8 Å². The van der Waals surface area contributed by atoms with Gasteiger partial charge >= 0.3 is 0 Å². The standard InChI is InChI=1S/C14H18N4O2/c1-9-5-10(2)18-13(17-9)12(7-16-18)14(19)15-6-11-3-4-20-8-11/h5,7,11H,3-4,6,8H2,1-2H3,(H,15,19). The van der Waals surface area contributed by atoms with E-state index in [0.717, 1.165) is 31.0 Å². The Labute approximate surface area is 117 Å². The number of hydrogen-bond acceptors (Lipinski definition) is 4. The first-order valence-corrected chi connectivity index (χ1v) is 6.83. The average molecular weight is 274 g/mol. The van der Waals surface area contributed by atoms with Gasteiger partial charge in [-0.2, -0.15) is 5.10 Å². The number of carbonyl (C=O) groups is 1. The number of amides is 1. The molecule has 1 aliphatic rings. The maximum Gasteiger partial charge on any atom is 0.256 e. The first kappa shape index (κ1) is 13.1. The molecule has 20 heavy (non-hydrogen) atoms. The molecule has 106 valence electrons. The zero-order valence-electron chi connectivity index (χ0n) is 11.7. The summed E-state index contributed by atoms with van der Waals surface area (Å²) in [4.78, 5) is 16.7. The Hall–Kier alpha value is -1.95. The van der Waals surface area contributed by atoms with Crippen molar-refractivity contribution in [3.8, 4) is 0 Å². The van der Waals surface area contributed by atoms with E-state index in [1.54, 1.807) is 10.7 Å². The Morgan fingerprint density at radius 2 is 2.40 bits per heavy atom. The summed E-state index contributed by atoms with van der Waals surface area (Å²) in [6.07, 6.45) is 2.58. The van der Waals surface area contributed by atoms with Crippen molar-refractivity contribution in [1.29, 1.82) is 0 Å². The van der Waals surface area contributed by atoms with E-state index < -0.39 is 0 Å². The van der Waals surface area contributed by atoms with Gasteiger partial charge in [-0.05, 0) is 26.3 Å². The highest BCUT2D eigenvalue weighted by Crippen LogP contribution is 2.13. The van der Waals surface area contributed by atoms with E-state index in [4.69, 9.17) is 4.74 Å². The van der Waals surface area contributed by atoms with Crippen molar-refractivity contribution >= 4 is 11.6 Å². The van der Waals surface area contributed by atoms with Gasteiger partial charge in [0.05, 0.1) is 12.8 Å². The molecule has 2 aromatic heterocycles. The Morgan fingerprint density at radius 1 is 1.55 bits per heavy atom. The van der Waals surface area contributed by atoms with E-state index in [2.05, 4.69) is 15.4 Å². The molecule has 6 heteroatoms. The smallest absolute Gasteiger partial charge is 0.256 e. The molecule has 1 atom stereocenters. The van der Waals surface area contributed by atoms with E-state index in [9.17, 15) is 4.79 Å². The Kier molecular flexibility index (Phi) is 3.40. The largest absolute Gasteiger partial charge is 0.381 e. The van der Waals surface area contributed by atoms with Crippen molar-refractivity contribution in [2.45, 2.75) is 20.3 Å². The van der Waals surface area contributed by atoms with Gasteiger partial charge in [-0.25, -0.2) is 9.50 Å². The lowest BCUT2D eigenvalue weighted by Gasteiger charge is -2.08. The first-order valence-electron chi connectivity index (χ1n) is 6.83.